The molecule has 2 saturated heterocycles. The number of hydrazine groups is 1. The zero-order valence-electron chi connectivity index (χ0n) is 76.1. The van der Waals surface area contributed by atoms with Crippen molar-refractivity contribution >= 4 is 145 Å². The van der Waals surface area contributed by atoms with Crippen molar-refractivity contribution in [1.82, 2.24) is 66.8 Å². The number of likely N-dealkylation sites (tertiary alicyclic amines) is 2. The van der Waals surface area contributed by atoms with E-state index in [1.165, 1.54) is 80.6 Å². The first-order valence-electron chi connectivity index (χ1n) is 45.4. The summed E-state index contributed by atoms with van der Waals surface area (Å²) in [5.41, 5.74) is 5.03. The van der Waals surface area contributed by atoms with Crippen LogP contribution in [0.25, 0.3) is 22.3 Å². The quantitative estimate of drug-likeness (QED) is 0.00533. The minimum absolute atomic E-state index is 0.0109. The van der Waals surface area contributed by atoms with Crippen molar-refractivity contribution in [3.63, 3.8) is 0 Å². The Labute approximate surface area is 792 Å². The number of rotatable bonds is 50. The van der Waals surface area contributed by atoms with Gasteiger partial charge in [-0.25, -0.2) is 37.4 Å². The number of benzene rings is 4. The van der Waals surface area contributed by atoms with Gasteiger partial charge >= 0.3 is 42.0 Å². The SMILES string of the molecule is CCCNC(=O)Nc1cccc(S(=O)(=O)Nc2cccc(C(CNC(=O)Nc3ccc(NC(=O)NCCNC(=O)CCCC(=O)NNSC4CC(=O)N(CCCCCC(=O)NCCOCCOCCOCCC(=O)NC(CC(=O)O)C(=O)N5CCCC5C(=O)NC(C(=O)O[C@]5(CC)C(=O)OCc6c5cc5n(c6=O)Cc6cc7cc8c(cc7nc6-5)C5CC5CO8)=C(C)C)C4=O)cc3)CC(=O)O)c2)c1. The number of allylic oxidation sites excluding steroid dienone is 1. The highest BCUT2D eigenvalue weighted by Gasteiger charge is 2.52. The number of esters is 2. The molecule has 6 aliphatic rings. The number of nitrogens with one attached hydrogen (secondary N) is 13. The zero-order valence-corrected chi connectivity index (χ0v) is 77.8. The van der Waals surface area contributed by atoms with Crippen molar-refractivity contribution in [3.8, 4) is 17.1 Å². The van der Waals surface area contributed by atoms with E-state index in [0.717, 1.165) is 55.9 Å². The third-order valence-electron chi connectivity index (χ3n) is 23.5. The summed E-state index contributed by atoms with van der Waals surface area (Å²) in [4.78, 5) is 219. The molecule has 45 heteroatoms. The third kappa shape index (κ3) is 27.8. The number of imide groups is 1. The maximum Gasteiger partial charge on any atom is 0.356 e. The molecule has 5 aliphatic heterocycles. The summed E-state index contributed by atoms with van der Waals surface area (Å²) in [6.07, 6.45) is 2.24. The first-order valence-corrected chi connectivity index (χ1v) is 47.7. The van der Waals surface area contributed by atoms with Crippen molar-refractivity contribution in [2.24, 2.45) is 5.92 Å². The van der Waals surface area contributed by atoms with Crippen LogP contribution in [0.3, 0.4) is 0 Å². The van der Waals surface area contributed by atoms with Gasteiger partial charge in [-0.05, 0) is 179 Å². The number of carbonyl (C=O) groups excluding carboxylic acids is 13. The Balaban J connectivity index is 0.452. The van der Waals surface area contributed by atoms with E-state index in [4.69, 9.17) is 33.4 Å². The highest BCUT2D eigenvalue weighted by atomic mass is 32.2. The molecular weight excluding hydrogens is 1820 g/mol. The highest BCUT2D eigenvalue weighted by molar-refractivity contribution is 7.98. The van der Waals surface area contributed by atoms with Crippen LogP contribution in [0.4, 0.5) is 37.1 Å². The molecule has 0 bridgehead atoms. The molecule has 0 radical (unpaired) electrons. The number of carboxylic acids is 2. The molecule has 4 aromatic carbocycles. The molecular formula is C92H113N17O26S2. The van der Waals surface area contributed by atoms with Crippen molar-refractivity contribution in [1.29, 1.82) is 0 Å². The molecule has 0 spiro atoms. The molecule has 14 amide bonds. The lowest BCUT2D eigenvalue weighted by molar-refractivity contribution is -0.187. The standard InChI is InChI=1S/C92H113N17O26S2/c1-5-27-95-89(125)100-61-15-11-17-63(44-61)137(128,129)105-62-16-10-14-54(40-62)56(43-79(115)116)49-97-91(127)99-60-24-22-59(23-25-60)98-90(126)96-29-28-93-75(111)20-12-21-77(113)104-106-136-73-48-78(114)108(86(73)122)31-9-7-8-19-74(110)94-30-34-131-36-38-132-37-35-130-33-26-76(112)101-69(47-80(117)118)85(121)107-32-13-18-70(107)83(119)103-81(53(3)4)87(123)135-92(6-2)67-46-71-82-57(50-109(71)84(120)66(67)52-134-88(92)124)39-55-42-72-65(45-68(55)102-82)64-41-58(64)51-133-72/h10-11,14-17,22-25,39-40,42,44-46,56,58,64,69-70,73,105-106H,5-9,12-13,18-21,26-38,41,43,47-52H2,1-4H3,(H,93,111)(H,94,110)(H,101,112)(H,103,119)(H,104,113)(H,115,116)(H,117,118)(H2,95,100,125)(H2,96,98,126)(H2,97,99,127)/t56?,58?,64?,69?,70?,73?,92-/m0/s1. The Bertz CT molecular complexity index is 5780. The average Bonchev–Trinajstić information content (AvgIpc) is 1.53. The number of fused-ring (bicyclic) bond motifs is 8. The number of sulfonamides is 1. The molecule has 137 heavy (non-hydrogen) atoms. The fraction of sp³-hybridized carbons (Fsp3) is 0.467. The number of anilines is 4. The van der Waals surface area contributed by atoms with Crippen LogP contribution in [0.15, 0.2) is 118 Å². The third-order valence-corrected chi connectivity index (χ3v) is 25.8. The first kappa shape index (κ1) is 102. The van der Waals surface area contributed by atoms with E-state index in [1.807, 2.05) is 25.1 Å². The number of pyridine rings is 2. The van der Waals surface area contributed by atoms with Gasteiger partial charge in [-0.3, -0.25) is 67.8 Å². The van der Waals surface area contributed by atoms with E-state index in [2.05, 4.69) is 68.1 Å². The number of amides is 14. The molecule has 7 heterocycles. The molecule has 7 atom stereocenters. The Morgan fingerprint density at radius 2 is 1.33 bits per heavy atom. The number of hydrogen-bond donors (Lipinski definition) is 15. The summed E-state index contributed by atoms with van der Waals surface area (Å²) < 4.78 is 65.1. The van der Waals surface area contributed by atoms with Gasteiger partial charge in [0, 0.05) is 129 Å². The number of ether oxygens (including phenoxy) is 6. The van der Waals surface area contributed by atoms with Crippen molar-refractivity contribution in [3.05, 3.63) is 147 Å². The minimum Gasteiger partial charge on any atom is -0.493 e. The number of aromatic nitrogens is 2. The van der Waals surface area contributed by atoms with Crippen LogP contribution in [-0.2, 0) is 110 Å². The molecule has 734 valence electrons. The number of carboxylic acid groups (broad SMARTS) is 2. The lowest BCUT2D eigenvalue weighted by Gasteiger charge is -2.36. The number of hydrogen-bond acceptors (Lipinski definition) is 27. The summed E-state index contributed by atoms with van der Waals surface area (Å²) in [5.74, 6) is -7.93. The molecule has 6 unspecified atom stereocenters. The van der Waals surface area contributed by atoms with Gasteiger partial charge in [0.25, 0.3) is 15.6 Å². The second-order valence-electron chi connectivity index (χ2n) is 33.7. The van der Waals surface area contributed by atoms with E-state index in [9.17, 15) is 95.3 Å². The lowest BCUT2D eigenvalue weighted by Crippen LogP contribution is -2.54. The summed E-state index contributed by atoms with van der Waals surface area (Å²) in [5, 5.41) is 45.8. The van der Waals surface area contributed by atoms with E-state index in [1.54, 1.807) is 23.6 Å². The van der Waals surface area contributed by atoms with Crippen LogP contribution < -0.4 is 78.4 Å². The molecule has 43 nitrogen and oxygen atoms in total. The van der Waals surface area contributed by atoms with Gasteiger partial charge in [0.15, 0.2) is 0 Å². The van der Waals surface area contributed by atoms with Crippen LogP contribution in [0.5, 0.6) is 5.75 Å². The van der Waals surface area contributed by atoms with Gasteiger partial charge < -0.3 is 101 Å². The van der Waals surface area contributed by atoms with Crippen LogP contribution in [0.2, 0.25) is 0 Å². The Morgan fingerprint density at radius 1 is 0.664 bits per heavy atom. The van der Waals surface area contributed by atoms with E-state index >= 15 is 0 Å². The van der Waals surface area contributed by atoms with Gasteiger partial charge in [0.2, 0.25) is 52.9 Å². The summed E-state index contributed by atoms with van der Waals surface area (Å²) in [6.45, 7) is 8.43. The first-order chi connectivity index (χ1) is 65.8. The highest BCUT2D eigenvalue weighted by Crippen LogP contribution is 2.55. The molecule has 6 aromatic rings. The van der Waals surface area contributed by atoms with E-state index in [-0.39, 0.29) is 200 Å². The summed E-state index contributed by atoms with van der Waals surface area (Å²) in [6, 6.07) is 20.8. The van der Waals surface area contributed by atoms with Gasteiger partial charge in [0.1, 0.15) is 35.4 Å². The normalized spacial score (nSPS) is 17.4. The smallest absolute Gasteiger partial charge is 0.356 e. The predicted octanol–water partition coefficient (Wildman–Crippen LogP) is 5.82. The van der Waals surface area contributed by atoms with Crippen LogP contribution in [-0.4, -0.2) is 237 Å². The fourth-order valence-electron chi connectivity index (χ4n) is 16.4. The topological polar surface area (TPSA) is 584 Å². The molecule has 1 aliphatic carbocycles. The Morgan fingerprint density at radius 3 is 2.04 bits per heavy atom. The van der Waals surface area contributed by atoms with Gasteiger partial charge in [-0.2, -0.15) is 4.83 Å². The summed E-state index contributed by atoms with van der Waals surface area (Å²) in [7, 11) is -4.17. The lowest BCUT2D eigenvalue weighted by atomic mass is 9.85. The van der Waals surface area contributed by atoms with Crippen LogP contribution in [0, 0.1) is 5.92 Å². The van der Waals surface area contributed by atoms with Crippen molar-refractivity contribution in [2.45, 2.75) is 183 Å². The van der Waals surface area contributed by atoms with E-state index < -0.39 is 129 Å². The molecule has 15 N–H and O–H groups in total. The summed E-state index contributed by atoms with van der Waals surface area (Å²) >= 11 is 0.873. The second kappa shape index (κ2) is 48.2. The number of urea groups is 3. The molecule has 1 saturated carbocycles. The maximum absolute atomic E-state index is 14.5. The average molecular weight is 1940 g/mol. The zero-order chi connectivity index (χ0) is 98.0. The molecule has 3 fully saturated rings. The van der Waals surface area contributed by atoms with Gasteiger partial charge in [0.05, 0.1) is 93.0 Å². The van der Waals surface area contributed by atoms with Gasteiger partial charge in [-0.1, -0.05) is 38.5 Å². The van der Waals surface area contributed by atoms with Crippen LogP contribution in [0.1, 0.15) is 170 Å². The largest absolute Gasteiger partial charge is 0.493 e. The Kier molecular flexibility index (Phi) is 36.0. The number of cyclic esters (lactones) is 1. The van der Waals surface area contributed by atoms with Crippen LogP contribution >= 0.6 is 11.9 Å². The number of nitrogens with zero attached hydrogens (tertiary/aromatic N) is 4. The number of unbranched alkanes of at least 4 members (excludes halogenated alkanes) is 2. The minimum atomic E-state index is -4.17. The fourth-order valence-corrected chi connectivity index (χ4v) is 18.2. The van der Waals surface area contributed by atoms with Crippen molar-refractivity contribution in [2.75, 3.05) is 113 Å². The van der Waals surface area contributed by atoms with Gasteiger partial charge in [-0.15, -0.1) is 0 Å². The van der Waals surface area contributed by atoms with E-state index in [0.29, 0.717) is 85.4 Å². The number of carbonyl (C=O) groups is 15. The monoisotopic (exact) mass is 1940 g/mol. The number of aliphatic carboxylic acids is 2. The van der Waals surface area contributed by atoms with Crippen molar-refractivity contribution < 1.29 is 119 Å². The molecule has 12 rings (SSSR count). The predicted molar refractivity (Wildman–Crippen MR) is 496 cm³/mol. The maximum atomic E-state index is 14.5. The second-order valence-corrected chi connectivity index (χ2v) is 36.4. The Hall–Kier alpha value is -13.6. The molecule has 2 aromatic heterocycles.